The fourth-order valence-electron chi connectivity index (χ4n) is 1.32. The number of halogens is 3. The Hall–Kier alpha value is -0.570. The third-order valence-electron chi connectivity index (χ3n) is 2.23. The lowest BCUT2D eigenvalue weighted by Gasteiger charge is -2.22. The molecule has 0 amide bonds. The summed E-state index contributed by atoms with van der Waals surface area (Å²) in [5.41, 5.74) is 4.23. The second-order valence-corrected chi connectivity index (χ2v) is 4.11. The predicted octanol–water partition coefficient (Wildman–Crippen LogP) is 3.69. The van der Waals surface area contributed by atoms with Gasteiger partial charge in [0.25, 0.3) is 0 Å². The average Bonchev–Trinajstić information content (AvgIpc) is 2.22. The van der Waals surface area contributed by atoms with Gasteiger partial charge in [-0.3, -0.25) is 0 Å². The summed E-state index contributed by atoms with van der Waals surface area (Å²) in [7, 11) is 0. The van der Waals surface area contributed by atoms with E-state index in [2.05, 4.69) is 6.58 Å². The maximum Gasteiger partial charge on any atom is 0.151 e. The normalized spacial score (nSPS) is 14.7. The molecule has 1 rings (SSSR count). The molecule has 0 fully saturated rings. The van der Waals surface area contributed by atoms with Crippen molar-refractivity contribution in [3.05, 3.63) is 46.5 Å². The largest absolute Gasteiger partial charge is 0.327 e. The van der Waals surface area contributed by atoms with Gasteiger partial charge in [0.2, 0.25) is 0 Å². The van der Waals surface area contributed by atoms with E-state index in [4.69, 9.17) is 28.9 Å². The second-order valence-electron chi connectivity index (χ2n) is 3.29. The van der Waals surface area contributed by atoms with Gasteiger partial charge in [0.15, 0.2) is 5.67 Å². The van der Waals surface area contributed by atoms with Crippen molar-refractivity contribution in [1.82, 2.24) is 0 Å². The molecule has 1 aromatic carbocycles. The number of alkyl halides is 1. The maximum absolute atomic E-state index is 14.3. The van der Waals surface area contributed by atoms with Crippen LogP contribution in [0.3, 0.4) is 0 Å². The topological polar surface area (TPSA) is 26.0 Å². The number of hydrogen-bond acceptors (Lipinski definition) is 1. The Labute approximate surface area is 98.7 Å². The third-order valence-corrected chi connectivity index (χ3v) is 2.97. The van der Waals surface area contributed by atoms with E-state index in [0.29, 0.717) is 15.6 Å². The first-order chi connectivity index (χ1) is 7.03. The number of hydrogen-bond donors (Lipinski definition) is 1. The Balaban J connectivity index is 3.12. The summed E-state index contributed by atoms with van der Waals surface area (Å²) in [6, 6.07) is 4.65. The Morgan fingerprint density at radius 3 is 2.53 bits per heavy atom. The van der Waals surface area contributed by atoms with Gasteiger partial charge in [0, 0.05) is 13.0 Å². The number of benzene rings is 1. The zero-order valence-electron chi connectivity index (χ0n) is 8.14. The summed E-state index contributed by atoms with van der Waals surface area (Å²) < 4.78 is 14.3. The Kier molecular flexibility index (Phi) is 4.14. The smallest absolute Gasteiger partial charge is 0.151 e. The van der Waals surface area contributed by atoms with E-state index in [-0.39, 0.29) is 13.0 Å². The molecule has 0 aromatic heterocycles. The van der Waals surface area contributed by atoms with Gasteiger partial charge in [-0.1, -0.05) is 35.3 Å². The molecule has 82 valence electrons. The standard InChI is InChI=1S/C11H12Cl2FN/c1-2-5-11(14,7-15)8-3-4-9(12)10(13)6-8/h2-4,6H,1,5,7,15H2. The van der Waals surface area contributed by atoms with Gasteiger partial charge < -0.3 is 5.73 Å². The summed E-state index contributed by atoms with van der Waals surface area (Å²) in [4.78, 5) is 0. The zero-order valence-corrected chi connectivity index (χ0v) is 9.65. The molecule has 0 aliphatic carbocycles. The minimum Gasteiger partial charge on any atom is -0.327 e. The molecule has 1 atom stereocenters. The Morgan fingerprint density at radius 2 is 2.07 bits per heavy atom. The molecule has 2 N–H and O–H groups in total. The van der Waals surface area contributed by atoms with Crippen LogP contribution in [0.2, 0.25) is 10.0 Å². The number of allylic oxidation sites excluding steroid dienone is 1. The highest BCUT2D eigenvalue weighted by Gasteiger charge is 2.29. The van der Waals surface area contributed by atoms with Crippen LogP contribution in [0.15, 0.2) is 30.9 Å². The second kappa shape index (κ2) is 4.97. The van der Waals surface area contributed by atoms with Crippen LogP contribution < -0.4 is 5.73 Å². The molecule has 0 bridgehead atoms. The van der Waals surface area contributed by atoms with Gasteiger partial charge >= 0.3 is 0 Å². The fraction of sp³-hybridized carbons (Fsp3) is 0.273. The molecule has 1 nitrogen and oxygen atoms in total. The highest BCUT2D eigenvalue weighted by molar-refractivity contribution is 6.42. The maximum atomic E-state index is 14.3. The van der Waals surface area contributed by atoms with Crippen LogP contribution >= 0.6 is 23.2 Å². The first-order valence-corrected chi connectivity index (χ1v) is 5.24. The van der Waals surface area contributed by atoms with Crippen molar-refractivity contribution < 1.29 is 4.39 Å². The van der Waals surface area contributed by atoms with Crippen LogP contribution in [0.4, 0.5) is 4.39 Å². The van der Waals surface area contributed by atoms with Crippen LogP contribution in [-0.4, -0.2) is 6.54 Å². The van der Waals surface area contributed by atoms with Crippen LogP contribution in [0, 0.1) is 0 Å². The van der Waals surface area contributed by atoms with Crippen molar-refractivity contribution in [2.45, 2.75) is 12.1 Å². The summed E-state index contributed by atoms with van der Waals surface area (Å²) in [5.74, 6) is 0. The molecule has 0 aliphatic heterocycles. The lowest BCUT2D eigenvalue weighted by Crippen LogP contribution is -2.29. The summed E-state index contributed by atoms with van der Waals surface area (Å²) in [6.45, 7) is 3.39. The van der Waals surface area contributed by atoms with E-state index in [9.17, 15) is 4.39 Å². The molecule has 0 saturated heterocycles. The minimum absolute atomic E-state index is 0.114. The van der Waals surface area contributed by atoms with Crippen molar-refractivity contribution in [2.75, 3.05) is 6.54 Å². The molecule has 1 aromatic rings. The van der Waals surface area contributed by atoms with Crippen LogP contribution in [0.5, 0.6) is 0 Å². The molecular weight excluding hydrogens is 236 g/mol. The Morgan fingerprint density at radius 1 is 1.40 bits per heavy atom. The van der Waals surface area contributed by atoms with E-state index in [1.165, 1.54) is 12.1 Å². The highest BCUT2D eigenvalue weighted by atomic mass is 35.5. The molecule has 1 unspecified atom stereocenters. The lowest BCUT2D eigenvalue weighted by molar-refractivity contribution is 0.179. The van der Waals surface area contributed by atoms with Crippen LogP contribution in [0.1, 0.15) is 12.0 Å². The number of rotatable bonds is 4. The molecule has 0 spiro atoms. The van der Waals surface area contributed by atoms with Crippen molar-refractivity contribution in [3.8, 4) is 0 Å². The van der Waals surface area contributed by atoms with E-state index >= 15 is 0 Å². The third kappa shape index (κ3) is 2.71. The average molecular weight is 248 g/mol. The highest BCUT2D eigenvalue weighted by Crippen LogP contribution is 2.33. The SMILES string of the molecule is C=CCC(F)(CN)c1ccc(Cl)c(Cl)c1. The van der Waals surface area contributed by atoms with Gasteiger partial charge in [-0.15, -0.1) is 6.58 Å². The quantitative estimate of drug-likeness (QED) is 0.808. The molecule has 15 heavy (non-hydrogen) atoms. The zero-order chi connectivity index (χ0) is 11.5. The summed E-state index contributed by atoms with van der Waals surface area (Å²) in [5, 5.41) is 0.729. The van der Waals surface area contributed by atoms with Crippen molar-refractivity contribution >= 4 is 23.2 Å². The van der Waals surface area contributed by atoms with E-state index in [0.717, 1.165) is 0 Å². The lowest BCUT2D eigenvalue weighted by atomic mass is 9.92. The first kappa shape index (κ1) is 12.5. The summed E-state index contributed by atoms with van der Waals surface area (Å²) >= 11 is 11.6. The van der Waals surface area contributed by atoms with Gasteiger partial charge in [-0.05, 0) is 17.7 Å². The number of nitrogens with two attached hydrogens (primary N) is 1. The van der Waals surface area contributed by atoms with Crippen LogP contribution in [-0.2, 0) is 5.67 Å². The molecule has 0 heterocycles. The van der Waals surface area contributed by atoms with E-state index < -0.39 is 5.67 Å². The summed E-state index contributed by atoms with van der Waals surface area (Å²) in [6.07, 6.45) is 1.65. The van der Waals surface area contributed by atoms with Gasteiger partial charge in [0.05, 0.1) is 10.0 Å². The van der Waals surface area contributed by atoms with Crippen molar-refractivity contribution in [1.29, 1.82) is 0 Å². The molecule has 0 saturated carbocycles. The molecule has 0 radical (unpaired) electrons. The van der Waals surface area contributed by atoms with Gasteiger partial charge in [-0.2, -0.15) is 0 Å². The monoisotopic (exact) mass is 247 g/mol. The van der Waals surface area contributed by atoms with E-state index in [1.807, 2.05) is 0 Å². The molecule has 4 heteroatoms. The van der Waals surface area contributed by atoms with Gasteiger partial charge in [0.1, 0.15) is 0 Å². The van der Waals surface area contributed by atoms with Gasteiger partial charge in [-0.25, -0.2) is 4.39 Å². The Bertz CT molecular complexity index is 368. The minimum atomic E-state index is -1.62. The van der Waals surface area contributed by atoms with E-state index in [1.54, 1.807) is 12.1 Å². The van der Waals surface area contributed by atoms with Crippen molar-refractivity contribution in [3.63, 3.8) is 0 Å². The fourth-order valence-corrected chi connectivity index (χ4v) is 1.62. The van der Waals surface area contributed by atoms with Crippen LogP contribution in [0.25, 0.3) is 0 Å². The predicted molar refractivity (Wildman–Crippen MR) is 63.1 cm³/mol. The molecule has 0 aliphatic rings. The molecular formula is C11H12Cl2FN. The first-order valence-electron chi connectivity index (χ1n) is 4.49. The van der Waals surface area contributed by atoms with Crippen molar-refractivity contribution in [2.24, 2.45) is 5.73 Å².